The van der Waals surface area contributed by atoms with Gasteiger partial charge in [0.2, 0.25) is 0 Å². The maximum absolute atomic E-state index is 5.53. The Morgan fingerprint density at radius 1 is 1.25 bits per heavy atom. The lowest BCUT2D eigenvalue weighted by Crippen LogP contribution is -2.57. The number of piperazine rings is 1. The van der Waals surface area contributed by atoms with Crippen molar-refractivity contribution in [2.45, 2.75) is 19.4 Å². The van der Waals surface area contributed by atoms with E-state index in [1.165, 1.54) is 0 Å². The van der Waals surface area contributed by atoms with Crippen molar-refractivity contribution < 1.29 is 0 Å². The Morgan fingerprint density at radius 2 is 2.00 bits per heavy atom. The molecule has 2 rings (SSSR count). The fraction of sp³-hybridized carbons (Fsp3) is 0.636. The number of hydrogen-bond donors (Lipinski definition) is 1. The molecular formula is C11H19N5. The van der Waals surface area contributed by atoms with Crippen molar-refractivity contribution in [2.75, 3.05) is 37.3 Å². The van der Waals surface area contributed by atoms with Crippen LogP contribution in [0.25, 0.3) is 0 Å². The van der Waals surface area contributed by atoms with Gasteiger partial charge in [0.15, 0.2) is 0 Å². The molecule has 0 aromatic carbocycles. The van der Waals surface area contributed by atoms with Gasteiger partial charge in [-0.05, 0) is 20.9 Å². The molecule has 0 bridgehead atoms. The van der Waals surface area contributed by atoms with E-state index >= 15 is 0 Å². The lowest BCUT2D eigenvalue weighted by atomic mass is 10.00. The first-order valence-electron chi connectivity index (χ1n) is 5.53. The van der Waals surface area contributed by atoms with Crippen LogP contribution in [0.3, 0.4) is 0 Å². The summed E-state index contributed by atoms with van der Waals surface area (Å²) in [6.45, 7) is 7.47. The molecule has 0 radical (unpaired) electrons. The second-order valence-corrected chi connectivity index (χ2v) is 4.96. The maximum Gasteiger partial charge on any atom is 0.147 e. The third-order valence-electron chi connectivity index (χ3n) is 3.30. The first kappa shape index (κ1) is 11.1. The molecule has 1 saturated heterocycles. The minimum Gasteiger partial charge on any atom is -0.382 e. The number of nitrogens with zero attached hydrogens (tertiary/aromatic N) is 4. The van der Waals surface area contributed by atoms with Crippen LogP contribution in [-0.2, 0) is 0 Å². The molecule has 0 aliphatic carbocycles. The number of nitrogens with two attached hydrogens (primary N) is 1. The van der Waals surface area contributed by atoms with Crippen LogP contribution < -0.4 is 10.6 Å². The van der Waals surface area contributed by atoms with Gasteiger partial charge in [0, 0.05) is 25.2 Å². The highest BCUT2D eigenvalue weighted by atomic mass is 15.3. The average molecular weight is 221 g/mol. The van der Waals surface area contributed by atoms with Crippen LogP contribution in [0.1, 0.15) is 13.8 Å². The van der Waals surface area contributed by atoms with E-state index in [2.05, 4.69) is 40.7 Å². The van der Waals surface area contributed by atoms with Crippen LogP contribution in [0, 0.1) is 0 Å². The number of hydrogen-bond acceptors (Lipinski definition) is 5. The topological polar surface area (TPSA) is 58.3 Å². The first-order valence-corrected chi connectivity index (χ1v) is 5.53. The number of aromatic nitrogens is 2. The highest BCUT2D eigenvalue weighted by Crippen LogP contribution is 2.22. The van der Waals surface area contributed by atoms with Crippen molar-refractivity contribution >= 4 is 11.6 Å². The van der Waals surface area contributed by atoms with Gasteiger partial charge < -0.3 is 10.6 Å². The molecule has 2 N–H and O–H groups in total. The van der Waals surface area contributed by atoms with E-state index in [1.54, 1.807) is 12.4 Å². The van der Waals surface area contributed by atoms with E-state index < -0.39 is 0 Å². The number of anilines is 2. The molecule has 1 fully saturated rings. The van der Waals surface area contributed by atoms with Gasteiger partial charge >= 0.3 is 0 Å². The van der Waals surface area contributed by atoms with Gasteiger partial charge in [0.1, 0.15) is 11.6 Å². The van der Waals surface area contributed by atoms with Gasteiger partial charge in [-0.1, -0.05) is 0 Å². The van der Waals surface area contributed by atoms with Crippen molar-refractivity contribution in [3.63, 3.8) is 0 Å². The van der Waals surface area contributed by atoms with Crippen molar-refractivity contribution in [1.82, 2.24) is 14.9 Å². The molecule has 0 amide bonds. The number of nitrogen functional groups attached to an aromatic ring is 1. The SMILES string of the molecule is CN1CCN(c2cnc(N)cn2)CC1(C)C. The van der Waals surface area contributed by atoms with Crippen LogP contribution >= 0.6 is 0 Å². The van der Waals surface area contributed by atoms with Crippen molar-refractivity contribution in [2.24, 2.45) is 0 Å². The highest BCUT2D eigenvalue weighted by molar-refractivity contribution is 5.40. The molecular weight excluding hydrogens is 202 g/mol. The molecule has 1 aromatic rings. The molecule has 0 spiro atoms. The zero-order valence-electron chi connectivity index (χ0n) is 10.1. The maximum atomic E-state index is 5.53. The van der Waals surface area contributed by atoms with E-state index in [-0.39, 0.29) is 5.54 Å². The monoisotopic (exact) mass is 221 g/mol. The third kappa shape index (κ3) is 2.09. The molecule has 2 heterocycles. The molecule has 1 aromatic heterocycles. The second-order valence-electron chi connectivity index (χ2n) is 4.96. The van der Waals surface area contributed by atoms with Crippen LogP contribution in [0.2, 0.25) is 0 Å². The Bertz CT molecular complexity index is 359. The zero-order chi connectivity index (χ0) is 11.8. The van der Waals surface area contributed by atoms with E-state index in [0.717, 1.165) is 25.5 Å². The molecule has 5 heteroatoms. The predicted molar refractivity (Wildman–Crippen MR) is 65.4 cm³/mol. The van der Waals surface area contributed by atoms with Crippen LogP contribution in [-0.4, -0.2) is 47.1 Å². The molecule has 0 atom stereocenters. The normalized spacial score (nSPS) is 21.1. The molecule has 0 unspecified atom stereocenters. The van der Waals surface area contributed by atoms with Gasteiger partial charge in [-0.3, -0.25) is 4.90 Å². The van der Waals surface area contributed by atoms with Crippen LogP contribution in [0.4, 0.5) is 11.6 Å². The zero-order valence-corrected chi connectivity index (χ0v) is 10.1. The summed E-state index contributed by atoms with van der Waals surface area (Å²) in [6.07, 6.45) is 3.36. The summed E-state index contributed by atoms with van der Waals surface area (Å²) in [5, 5.41) is 0. The van der Waals surface area contributed by atoms with E-state index in [1.807, 2.05) is 0 Å². The van der Waals surface area contributed by atoms with Crippen molar-refractivity contribution in [3.05, 3.63) is 12.4 Å². The Balaban J connectivity index is 2.14. The second kappa shape index (κ2) is 3.90. The highest BCUT2D eigenvalue weighted by Gasteiger charge is 2.31. The largest absolute Gasteiger partial charge is 0.382 e. The first-order chi connectivity index (χ1) is 7.49. The Hall–Kier alpha value is -1.36. The van der Waals surface area contributed by atoms with Gasteiger partial charge in [0.25, 0.3) is 0 Å². The standard InChI is InChI=1S/C11H19N5/c1-11(2)8-16(5-4-15(11)3)10-7-13-9(12)6-14-10/h6-7H,4-5,8H2,1-3H3,(H2,12,13). The molecule has 0 saturated carbocycles. The summed E-state index contributed by atoms with van der Waals surface area (Å²) < 4.78 is 0. The summed E-state index contributed by atoms with van der Waals surface area (Å²) in [6, 6.07) is 0. The summed E-state index contributed by atoms with van der Waals surface area (Å²) in [7, 11) is 2.16. The summed E-state index contributed by atoms with van der Waals surface area (Å²) in [4.78, 5) is 13.0. The quantitative estimate of drug-likeness (QED) is 0.752. The lowest BCUT2D eigenvalue weighted by Gasteiger charge is -2.45. The summed E-state index contributed by atoms with van der Waals surface area (Å²) in [5.74, 6) is 1.38. The van der Waals surface area contributed by atoms with E-state index in [0.29, 0.717) is 5.82 Å². The van der Waals surface area contributed by atoms with Gasteiger partial charge in [-0.15, -0.1) is 0 Å². The summed E-state index contributed by atoms with van der Waals surface area (Å²) >= 11 is 0. The fourth-order valence-electron chi connectivity index (χ4n) is 1.93. The van der Waals surface area contributed by atoms with E-state index in [4.69, 9.17) is 5.73 Å². The average Bonchev–Trinajstić information content (AvgIpc) is 2.23. The van der Waals surface area contributed by atoms with Gasteiger partial charge in [0.05, 0.1) is 12.4 Å². The molecule has 5 nitrogen and oxygen atoms in total. The third-order valence-corrected chi connectivity index (χ3v) is 3.30. The Kier molecular flexibility index (Phi) is 2.71. The minimum absolute atomic E-state index is 0.168. The molecule has 1 aliphatic heterocycles. The van der Waals surface area contributed by atoms with Gasteiger partial charge in [-0.2, -0.15) is 0 Å². The molecule has 1 aliphatic rings. The number of likely N-dealkylation sites (N-methyl/N-ethyl adjacent to an activating group) is 1. The smallest absolute Gasteiger partial charge is 0.147 e. The van der Waals surface area contributed by atoms with Crippen LogP contribution in [0.5, 0.6) is 0 Å². The molecule has 16 heavy (non-hydrogen) atoms. The predicted octanol–water partition coefficient (Wildman–Crippen LogP) is 0.589. The minimum atomic E-state index is 0.168. The Labute approximate surface area is 96.3 Å². The summed E-state index contributed by atoms with van der Waals surface area (Å²) in [5.41, 5.74) is 5.70. The number of rotatable bonds is 1. The lowest BCUT2D eigenvalue weighted by molar-refractivity contribution is 0.138. The van der Waals surface area contributed by atoms with Crippen LogP contribution in [0.15, 0.2) is 12.4 Å². The van der Waals surface area contributed by atoms with Crippen molar-refractivity contribution in [3.8, 4) is 0 Å². The Morgan fingerprint density at radius 3 is 2.56 bits per heavy atom. The molecule has 88 valence electrons. The fourth-order valence-corrected chi connectivity index (χ4v) is 1.93. The van der Waals surface area contributed by atoms with Crippen molar-refractivity contribution in [1.29, 1.82) is 0 Å². The van der Waals surface area contributed by atoms with E-state index in [9.17, 15) is 0 Å². The van der Waals surface area contributed by atoms with Gasteiger partial charge in [-0.25, -0.2) is 9.97 Å².